The Labute approximate surface area is 183 Å². The first kappa shape index (κ1) is 21.9. The summed E-state index contributed by atoms with van der Waals surface area (Å²) in [4.78, 5) is 14.8. The van der Waals surface area contributed by atoms with Crippen molar-refractivity contribution in [1.82, 2.24) is 20.4 Å². The lowest BCUT2D eigenvalue weighted by Crippen LogP contribution is -2.32. The highest BCUT2D eigenvalue weighted by Crippen LogP contribution is 2.31. The number of aromatic nitrogens is 2. The van der Waals surface area contributed by atoms with Gasteiger partial charge in [0.25, 0.3) is 5.91 Å². The van der Waals surface area contributed by atoms with Crippen molar-refractivity contribution in [2.75, 3.05) is 20.7 Å². The molecule has 0 spiro atoms. The van der Waals surface area contributed by atoms with Crippen LogP contribution in [0.3, 0.4) is 0 Å². The number of benzene rings is 2. The van der Waals surface area contributed by atoms with E-state index in [-0.39, 0.29) is 24.4 Å². The van der Waals surface area contributed by atoms with Crippen molar-refractivity contribution in [2.45, 2.75) is 25.9 Å². The van der Waals surface area contributed by atoms with Crippen molar-refractivity contribution < 1.29 is 9.53 Å². The second-order valence-corrected chi connectivity index (χ2v) is 7.37. The highest BCUT2D eigenvalue weighted by Gasteiger charge is 2.26. The molecule has 2 N–H and O–H groups in total. The molecule has 1 unspecified atom stereocenters. The number of nitrogens with one attached hydrogen (secondary N) is 2. The monoisotopic (exact) mass is 426 g/mol. The lowest BCUT2D eigenvalue weighted by Gasteiger charge is -2.25. The normalized spacial score (nSPS) is 13.7. The number of halogens is 1. The summed E-state index contributed by atoms with van der Waals surface area (Å²) in [7, 11) is 3.51. The van der Waals surface area contributed by atoms with Gasteiger partial charge in [-0.15, -0.1) is 12.4 Å². The van der Waals surface area contributed by atoms with Gasteiger partial charge in [-0.2, -0.15) is 5.10 Å². The topological polar surface area (TPSA) is 70.2 Å². The summed E-state index contributed by atoms with van der Waals surface area (Å²) in [6.07, 6.45) is 0.874. The van der Waals surface area contributed by atoms with Crippen molar-refractivity contribution in [3.63, 3.8) is 0 Å². The molecular weight excluding hydrogens is 400 g/mol. The number of fused-ring (bicyclic) bond motifs is 1. The van der Waals surface area contributed by atoms with Gasteiger partial charge in [-0.3, -0.25) is 9.89 Å². The second kappa shape index (κ2) is 9.32. The van der Waals surface area contributed by atoms with Gasteiger partial charge in [-0.05, 0) is 24.1 Å². The van der Waals surface area contributed by atoms with Crippen LogP contribution in [-0.2, 0) is 13.0 Å². The van der Waals surface area contributed by atoms with Crippen LogP contribution in [0.1, 0.15) is 40.3 Å². The van der Waals surface area contributed by atoms with E-state index in [9.17, 15) is 4.79 Å². The summed E-state index contributed by atoms with van der Waals surface area (Å²) in [5.74, 6) is 0.782. The predicted molar refractivity (Wildman–Crippen MR) is 120 cm³/mol. The summed E-state index contributed by atoms with van der Waals surface area (Å²) < 4.78 is 5.47. The van der Waals surface area contributed by atoms with E-state index in [1.54, 1.807) is 12.0 Å². The van der Waals surface area contributed by atoms with Gasteiger partial charge in [0.05, 0.1) is 13.2 Å². The Balaban J connectivity index is 0.00000256. The van der Waals surface area contributed by atoms with Crippen molar-refractivity contribution in [1.29, 1.82) is 0 Å². The van der Waals surface area contributed by atoms with E-state index < -0.39 is 0 Å². The molecule has 0 saturated heterocycles. The highest BCUT2D eigenvalue weighted by molar-refractivity contribution is 5.94. The number of amides is 1. The second-order valence-electron chi connectivity index (χ2n) is 7.37. The number of carbonyl (C=O) groups is 1. The summed E-state index contributed by atoms with van der Waals surface area (Å²) in [6.45, 7) is 3.63. The molecule has 1 amide bonds. The SMILES string of the molecule is COc1ccccc1-c1ccc(C(C)N(C)C(=O)c2n[nH]c3c2CNCC3)cc1.Cl. The molecular formula is C23H27ClN4O2. The molecule has 0 aliphatic carbocycles. The van der Waals surface area contributed by atoms with Gasteiger partial charge in [-0.25, -0.2) is 0 Å². The summed E-state index contributed by atoms with van der Waals surface area (Å²) in [6, 6.07) is 16.2. The van der Waals surface area contributed by atoms with Crippen LogP contribution in [0.4, 0.5) is 0 Å². The molecule has 6 nitrogen and oxygen atoms in total. The Morgan fingerprint density at radius 2 is 1.90 bits per heavy atom. The van der Waals surface area contributed by atoms with Crippen LogP contribution in [0.25, 0.3) is 11.1 Å². The minimum Gasteiger partial charge on any atom is -0.496 e. The molecule has 1 aliphatic heterocycles. The number of nitrogens with zero attached hydrogens (tertiary/aromatic N) is 2. The molecule has 1 aliphatic rings. The van der Waals surface area contributed by atoms with Crippen LogP contribution >= 0.6 is 12.4 Å². The quantitative estimate of drug-likeness (QED) is 0.647. The molecule has 1 aromatic heterocycles. The lowest BCUT2D eigenvalue weighted by atomic mass is 9.99. The maximum absolute atomic E-state index is 13.1. The van der Waals surface area contributed by atoms with E-state index >= 15 is 0 Å². The zero-order chi connectivity index (χ0) is 20.4. The molecule has 3 aromatic rings. The largest absolute Gasteiger partial charge is 0.496 e. The predicted octanol–water partition coefficient (Wildman–Crippen LogP) is 3.99. The minimum atomic E-state index is -0.0712. The van der Waals surface area contributed by atoms with Crippen molar-refractivity contribution in [3.8, 4) is 16.9 Å². The van der Waals surface area contributed by atoms with Gasteiger partial charge in [0.2, 0.25) is 0 Å². The fourth-order valence-electron chi connectivity index (χ4n) is 3.79. The third-order valence-electron chi connectivity index (χ3n) is 5.72. The van der Waals surface area contributed by atoms with Gasteiger partial charge >= 0.3 is 0 Å². The first-order chi connectivity index (χ1) is 14.1. The van der Waals surface area contributed by atoms with Crippen molar-refractivity contribution in [3.05, 3.63) is 71.0 Å². The number of para-hydroxylation sites is 1. The molecule has 0 bridgehead atoms. The molecule has 2 aromatic carbocycles. The molecule has 0 radical (unpaired) electrons. The van der Waals surface area contributed by atoms with Gasteiger partial charge in [0, 0.05) is 43.4 Å². The smallest absolute Gasteiger partial charge is 0.274 e. The van der Waals surface area contributed by atoms with E-state index in [2.05, 4.69) is 39.8 Å². The van der Waals surface area contributed by atoms with Crippen LogP contribution in [0.15, 0.2) is 48.5 Å². The summed E-state index contributed by atoms with van der Waals surface area (Å²) in [5.41, 5.74) is 5.78. The van der Waals surface area contributed by atoms with E-state index in [0.29, 0.717) is 12.2 Å². The lowest BCUT2D eigenvalue weighted by molar-refractivity contribution is 0.0735. The average Bonchev–Trinajstić information content (AvgIpc) is 3.22. The minimum absolute atomic E-state index is 0. The van der Waals surface area contributed by atoms with Crippen LogP contribution in [0.5, 0.6) is 5.75 Å². The Morgan fingerprint density at radius 1 is 1.17 bits per heavy atom. The number of ether oxygens (including phenoxy) is 1. The Kier molecular flexibility index (Phi) is 6.80. The van der Waals surface area contributed by atoms with E-state index in [1.165, 1.54) is 0 Å². The van der Waals surface area contributed by atoms with E-state index in [1.807, 2.05) is 38.2 Å². The zero-order valence-corrected chi connectivity index (χ0v) is 18.3. The molecule has 4 rings (SSSR count). The van der Waals surface area contributed by atoms with Gasteiger partial charge in [-0.1, -0.05) is 42.5 Å². The number of hydrogen-bond donors (Lipinski definition) is 2. The highest BCUT2D eigenvalue weighted by atomic mass is 35.5. The van der Waals surface area contributed by atoms with Gasteiger partial charge < -0.3 is 15.0 Å². The molecule has 7 heteroatoms. The first-order valence-corrected chi connectivity index (χ1v) is 9.87. The maximum atomic E-state index is 13.1. The Bertz CT molecular complexity index is 1020. The fourth-order valence-corrected chi connectivity index (χ4v) is 3.79. The molecule has 1 atom stereocenters. The van der Waals surface area contributed by atoms with E-state index in [0.717, 1.165) is 46.7 Å². The van der Waals surface area contributed by atoms with Gasteiger partial charge in [0.1, 0.15) is 5.75 Å². The number of H-pyrrole nitrogens is 1. The zero-order valence-electron chi connectivity index (χ0n) is 17.4. The first-order valence-electron chi connectivity index (χ1n) is 9.87. The van der Waals surface area contributed by atoms with Crippen LogP contribution in [-0.4, -0.2) is 41.7 Å². The summed E-state index contributed by atoms with van der Waals surface area (Å²) >= 11 is 0. The van der Waals surface area contributed by atoms with Crippen LogP contribution in [0, 0.1) is 0 Å². The number of methoxy groups -OCH3 is 1. The standard InChI is InChI=1S/C23H26N4O2.ClH/c1-15(27(2)23(28)22-19-14-24-13-12-20(19)25-26-22)16-8-10-17(11-9-16)18-6-4-5-7-21(18)29-3;/h4-11,15,24H,12-14H2,1-3H3,(H,25,26);1H. The van der Waals surface area contributed by atoms with Gasteiger partial charge in [0.15, 0.2) is 5.69 Å². The van der Waals surface area contributed by atoms with Crippen LogP contribution < -0.4 is 10.1 Å². The molecule has 30 heavy (non-hydrogen) atoms. The third-order valence-corrected chi connectivity index (χ3v) is 5.72. The fraction of sp³-hybridized carbons (Fsp3) is 0.304. The number of aromatic amines is 1. The number of hydrogen-bond acceptors (Lipinski definition) is 4. The molecule has 2 heterocycles. The van der Waals surface area contributed by atoms with Crippen molar-refractivity contribution >= 4 is 18.3 Å². The number of carbonyl (C=O) groups excluding carboxylic acids is 1. The molecule has 158 valence electrons. The third kappa shape index (κ3) is 4.06. The molecule has 0 fully saturated rings. The number of rotatable bonds is 5. The Hall–Kier alpha value is -2.83. The van der Waals surface area contributed by atoms with Crippen LogP contribution in [0.2, 0.25) is 0 Å². The van der Waals surface area contributed by atoms with Crippen molar-refractivity contribution in [2.24, 2.45) is 0 Å². The maximum Gasteiger partial charge on any atom is 0.274 e. The summed E-state index contributed by atoms with van der Waals surface area (Å²) in [5, 5.41) is 10.6. The average molecular weight is 427 g/mol. The molecule has 0 saturated carbocycles. The Morgan fingerprint density at radius 3 is 2.63 bits per heavy atom. The van der Waals surface area contributed by atoms with E-state index in [4.69, 9.17) is 4.74 Å².